The second-order valence-corrected chi connectivity index (χ2v) is 10.1. The van der Waals surface area contributed by atoms with Gasteiger partial charge in [-0.3, -0.25) is 9.80 Å². The number of aromatic nitrogens is 2. The molecule has 0 bridgehead atoms. The van der Waals surface area contributed by atoms with Crippen LogP contribution in [0.1, 0.15) is 50.8 Å². The van der Waals surface area contributed by atoms with E-state index in [1.54, 1.807) is 18.3 Å². The maximum absolute atomic E-state index is 15.0. The van der Waals surface area contributed by atoms with Crippen molar-refractivity contribution in [3.05, 3.63) is 47.4 Å². The summed E-state index contributed by atoms with van der Waals surface area (Å²) >= 11 is 0. The number of anilines is 2. The number of benzene rings is 1. The van der Waals surface area contributed by atoms with Crippen LogP contribution in [0.15, 0.2) is 30.5 Å². The summed E-state index contributed by atoms with van der Waals surface area (Å²) in [5, 5.41) is 3.22. The number of cyclic esters (lactones) is 1. The van der Waals surface area contributed by atoms with Crippen LogP contribution in [-0.2, 0) is 11.3 Å². The van der Waals surface area contributed by atoms with Crippen molar-refractivity contribution in [2.75, 3.05) is 44.0 Å². The number of piperidine rings is 1. The molecule has 1 N–H and O–H groups in total. The fraction of sp³-hybridized carbons (Fsp3) is 0.560. The first kappa shape index (κ1) is 24.3. The Morgan fingerprint density at radius 1 is 1.26 bits per heavy atom. The maximum Gasteiger partial charge on any atom is 0.416 e. The Hall–Kier alpha value is -2.78. The van der Waals surface area contributed by atoms with E-state index < -0.39 is 11.6 Å². The van der Waals surface area contributed by atoms with Gasteiger partial charge in [-0.1, -0.05) is 12.1 Å². The van der Waals surface area contributed by atoms with Crippen molar-refractivity contribution in [2.45, 2.75) is 57.8 Å². The molecule has 184 valence electrons. The van der Waals surface area contributed by atoms with E-state index in [1.807, 2.05) is 32.9 Å². The van der Waals surface area contributed by atoms with Gasteiger partial charge in [0.15, 0.2) is 0 Å². The Kier molecular flexibility index (Phi) is 7.04. The SMILES string of the molecule is C[C@H](Nc1nccc(N2C(=O)OCC2(C)C)n1)c1ccc(CN2CCC(N(C)C)CC2)c(F)c1. The molecule has 0 radical (unpaired) electrons. The number of carbonyl (C=O) groups is 1. The van der Waals surface area contributed by atoms with Crippen molar-refractivity contribution >= 4 is 17.9 Å². The Labute approximate surface area is 201 Å². The molecule has 1 aromatic carbocycles. The normalized spacial score (nSPS) is 20.0. The highest BCUT2D eigenvalue weighted by Gasteiger charge is 2.41. The third-order valence-electron chi connectivity index (χ3n) is 6.81. The molecule has 2 fully saturated rings. The fourth-order valence-electron chi connectivity index (χ4n) is 4.63. The first-order valence-corrected chi connectivity index (χ1v) is 11.9. The number of ether oxygens (including phenoxy) is 1. The lowest BCUT2D eigenvalue weighted by atomic mass is 10.0. The van der Waals surface area contributed by atoms with Gasteiger partial charge in [0.2, 0.25) is 5.95 Å². The molecule has 2 saturated heterocycles. The summed E-state index contributed by atoms with van der Waals surface area (Å²) in [5.41, 5.74) is 1.03. The largest absolute Gasteiger partial charge is 0.447 e. The Morgan fingerprint density at radius 3 is 2.62 bits per heavy atom. The number of halogens is 1. The molecule has 8 nitrogen and oxygen atoms in total. The summed E-state index contributed by atoms with van der Waals surface area (Å²) < 4.78 is 20.1. The molecular weight excluding hydrogens is 435 g/mol. The average molecular weight is 471 g/mol. The van der Waals surface area contributed by atoms with Crippen LogP contribution in [0.3, 0.4) is 0 Å². The van der Waals surface area contributed by atoms with Gasteiger partial charge in [-0.25, -0.2) is 14.2 Å². The first-order chi connectivity index (χ1) is 16.1. The molecule has 9 heteroatoms. The van der Waals surface area contributed by atoms with E-state index in [9.17, 15) is 9.18 Å². The molecule has 2 aliphatic heterocycles. The van der Waals surface area contributed by atoms with Crippen LogP contribution >= 0.6 is 0 Å². The highest BCUT2D eigenvalue weighted by atomic mass is 19.1. The minimum absolute atomic E-state index is 0.197. The standard InChI is InChI=1S/C25H35FN6O2/c1-17(28-23-27-11-8-22(29-23)32-24(33)34-16-25(32,2)3)18-6-7-19(21(26)14-18)15-31-12-9-20(10-13-31)30(4)5/h6-8,11,14,17,20H,9-10,12-13,15-16H2,1-5H3,(H,27,28,29)/t17-/m0/s1. The third-order valence-corrected chi connectivity index (χ3v) is 6.81. The molecule has 0 spiro atoms. The molecular formula is C25H35FN6O2. The highest BCUT2D eigenvalue weighted by Crippen LogP contribution is 2.30. The van der Waals surface area contributed by atoms with Crippen LogP contribution in [0.5, 0.6) is 0 Å². The zero-order chi connectivity index (χ0) is 24.5. The van der Waals surface area contributed by atoms with Crippen molar-refractivity contribution < 1.29 is 13.9 Å². The number of hydrogen-bond acceptors (Lipinski definition) is 7. The van der Waals surface area contributed by atoms with Gasteiger partial charge in [0.05, 0.1) is 11.6 Å². The topological polar surface area (TPSA) is 73.8 Å². The monoisotopic (exact) mass is 470 g/mol. The van der Waals surface area contributed by atoms with Crippen molar-refractivity contribution in [3.8, 4) is 0 Å². The molecule has 1 atom stereocenters. The van der Waals surface area contributed by atoms with Gasteiger partial charge in [0.1, 0.15) is 18.2 Å². The van der Waals surface area contributed by atoms with Crippen molar-refractivity contribution in [3.63, 3.8) is 0 Å². The lowest BCUT2D eigenvalue weighted by molar-refractivity contribution is 0.139. The van der Waals surface area contributed by atoms with Gasteiger partial charge in [-0.2, -0.15) is 4.98 Å². The summed E-state index contributed by atoms with van der Waals surface area (Å²) in [6, 6.07) is 7.49. The molecule has 2 aromatic rings. The Balaban J connectivity index is 1.40. The summed E-state index contributed by atoms with van der Waals surface area (Å²) in [4.78, 5) is 27.1. The number of amides is 1. The van der Waals surface area contributed by atoms with E-state index in [2.05, 4.69) is 39.2 Å². The third kappa shape index (κ3) is 5.31. The molecule has 34 heavy (non-hydrogen) atoms. The van der Waals surface area contributed by atoms with Crippen LogP contribution in [0.25, 0.3) is 0 Å². The van der Waals surface area contributed by atoms with E-state index in [1.165, 1.54) is 4.90 Å². The van der Waals surface area contributed by atoms with Gasteiger partial charge >= 0.3 is 6.09 Å². The second kappa shape index (κ2) is 9.84. The van der Waals surface area contributed by atoms with E-state index in [4.69, 9.17) is 4.74 Å². The summed E-state index contributed by atoms with van der Waals surface area (Å²) in [7, 11) is 4.24. The van der Waals surface area contributed by atoms with Gasteiger partial charge in [-0.05, 0) is 78.5 Å². The van der Waals surface area contributed by atoms with Gasteiger partial charge in [0, 0.05) is 24.3 Å². The van der Waals surface area contributed by atoms with Crippen LogP contribution in [0, 0.1) is 5.82 Å². The highest BCUT2D eigenvalue weighted by molar-refractivity contribution is 5.90. The number of rotatable bonds is 7. The van der Waals surface area contributed by atoms with E-state index >= 15 is 0 Å². The van der Waals surface area contributed by atoms with Crippen LogP contribution < -0.4 is 10.2 Å². The summed E-state index contributed by atoms with van der Waals surface area (Å²) in [6.07, 6.45) is 3.40. The zero-order valence-electron chi connectivity index (χ0n) is 20.7. The summed E-state index contributed by atoms with van der Waals surface area (Å²) in [6.45, 7) is 8.67. The van der Waals surface area contributed by atoms with Gasteiger partial charge in [0.25, 0.3) is 0 Å². The van der Waals surface area contributed by atoms with E-state index in [-0.39, 0.29) is 11.9 Å². The number of carbonyl (C=O) groups excluding carboxylic acids is 1. The Bertz CT molecular complexity index is 1020. The molecule has 3 heterocycles. The summed E-state index contributed by atoms with van der Waals surface area (Å²) in [5.74, 6) is 0.641. The Morgan fingerprint density at radius 2 is 2.00 bits per heavy atom. The van der Waals surface area contributed by atoms with Gasteiger partial charge in [-0.15, -0.1) is 0 Å². The van der Waals surface area contributed by atoms with Crippen molar-refractivity contribution in [1.29, 1.82) is 0 Å². The maximum atomic E-state index is 15.0. The van der Waals surface area contributed by atoms with Crippen molar-refractivity contribution in [2.24, 2.45) is 0 Å². The average Bonchev–Trinajstić information content (AvgIpc) is 3.07. The molecule has 2 aliphatic rings. The van der Waals surface area contributed by atoms with E-state index in [0.29, 0.717) is 36.5 Å². The second-order valence-electron chi connectivity index (χ2n) is 10.1. The predicted molar refractivity (Wildman–Crippen MR) is 130 cm³/mol. The molecule has 4 rings (SSSR count). The minimum atomic E-state index is -0.491. The molecule has 0 aliphatic carbocycles. The molecule has 0 unspecified atom stereocenters. The number of nitrogens with one attached hydrogen (secondary N) is 1. The molecule has 0 saturated carbocycles. The first-order valence-electron chi connectivity index (χ1n) is 11.9. The van der Waals surface area contributed by atoms with E-state index in [0.717, 1.165) is 31.5 Å². The number of likely N-dealkylation sites (tertiary alicyclic amines) is 1. The zero-order valence-corrected chi connectivity index (χ0v) is 20.7. The molecule has 1 amide bonds. The molecule has 1 aromatic heterocycles. The lowest BCUT2D eigenvalue weighted by Gasteiger charge is -2.35. The van der Waals surface area contributed by atoms with Crippen LogP contribution in [0.2, 0.25) is 0 Å². The quantitative estimate of drug-likeness (QED) is 0.654. The smallest absolute Gasteiger partial charge is 0.416 e. The minimum Gasteiger partial charge on any atom is -0.447 e. The van der Waals surface area contributed by atoms with Crippen molar-refractivity contribution in [1.82, 2.24) is 19.8 Å². The number of nitrogens with zero attached hydrogens (tertiary/aromatic N) is 5. The van der Waals surface area contributed by atoms with Crippen LogP contribution in [0.4, 0.5) is 21.0 Å². The van der Waals surface area contributed by atoms with Crippen LogP contribution in [-0.4, -0.2) is 71.2 Å². The fourth-order valence-corrected chi connectivity index (χ4v) is 4.63. The lowest BCUT2D eigenvalue weighted by Crippen LogP contribution is -2.42. The van der Waals surface area contributed by atoms with Gasteiger partial charge < -0.3 is 15.0 Å². The number of hydrogen-bond donors (Lipinski definition) is 1. The predicted octanol–water partition coefficient (Wildman–Crippen LogP) is 4.05.